The van der Waals surface area contributed by atoms with Crippen molar-refractivity contribution in [1.82, 2.24) is 0 Å². The summed E-state index contributed by atoms with van der Waals surface area (Å²) in [6.07, 6.45) is 3.42. The summed E-state index contributed by atoms with van der Waals surface area (Å²) in [5, 5.41) is 2.73. The molecule has 156 valence electrons. The van der Waals surface area contributed by atoms with E-state index >= 15 is 0 Å². The summed E-state index contributed by atoms with van der Waals surface area (Å²) in [6.45, 7) is 1.98. The van der Waals surface area contributed by atoms with Crippen molar-refractivity contribution in [1.29, 1.82) is 0 Å². The second-order valence-corrected chi connectivity index (χ2v) is 8.41. The molecule has 1 aliphatic heterocycles. The first-order valence-electron chi connectivity index (χ1n) is 10.5. The Kier molecular flexibility index (Phi) is 4.62. The summed E-state index contributed by atoms with van der Waals surface area (Å²) < 4.78 is 20.1. The predicted octanol–water partition coefficient (Wildman–Crippen LogP) is 5.94. The van der Waals surface area contributed by atoms with Crippen LogP contribution < -0.4 is 10.1 Å². The highest BCUT2D eigenvalue weighted by atomic mass is 19.1. The van der Waals surface area contributed by atoms with E-state index < -0.39 is 11.7 Å². The van der Waals surface area contributed by atoms with Crippen molar-refractivity contribution < 1.29 is 18.7 Å². The maximum Gasteiger partial charge on any atom is 0.258 e. The zero-order chi connectivity index (χ0) is 21.6. The Balaban J connectivity index is 1.40. The highest BCUT2D eigenvalue weighted by molar-refractivity contribution is 6.04. The fourth-order valence-electron chi connectivity index (χ4n) is 4.39. The quantitative estimate of drug-likeness (QED) is 0.576. The predicted molar refractivity (Wildman–Crippen MR) is 117 cm³/mol. The largest absolute Gasteiger partial charge is 0.486 e. The average Bonchev–Trinajstić information content (AvgIpc) is 2.73. The van der Waals surface area contributed by atoms with E-state index in [4.69, 9.17) is 4.74 Å². The SMILES string of the molecule is Cc1cc2c(cc1-c1ccc(NC(=O)c3ccccc3F)cc1)OC1(CCC1)CC2=O. The summed E-state index contributed by atoms with van der Waals surface area (Å²) in [4.78, 5) is 25.0. The van der Waals surface area contributed by atoms with Crippen LogP contribution >= 0.6 is 0 Å². The second kappa shape index (κ2) is 7.34. The van der Waals surface area contributed by atoms with Crippen molar-refractivity contribution in [3.05, 3.63) is 83.2 Å². The minimum atomic E-state index is -0.555. The Morgan fingerprint density at radius 3 is 2.45 bits per heavy atom. The Morgan fingerprint density at radius 2 is 1.77 bits per heavy atom. The second-order valence-electron chi connectivity index (χ2n) is 8.41. The molecular weight excluding hydrogens is 393 g/mol. The van der Waals surface area contributed by atoms with Gasteiger partial charge in [0.1, 0.15) is 17.2 Å². The van der Waals surface area contributed by atoms with Crippen LogP contribution in [-0.2, 0) is 0 Å². The first kappa shape index (κ1) is 19.5. The van der Waals surface area contributed by atoms with Gasteiger partial charge in [0.15, 0.2) is 5.78 Å². The van der Waals surface area contributed by atoms with Crippen LogP contribution in [0.15, 0.2) is 60.7 Å². The Morgan fingerprint density at radius 1 is 1.03 bits per heavy atom. The fourth-order valence-corrected chi connectivity index (χ4v) is 4.39. The lowest BCUT2D eigenvalue weighted by atomic mass is 9.74. The van der Waals surface area contributed by atoms with Gasteiger partial charge in [-0.25, -0.2) is 4.39 Å². The van der Waals surface area contributed by atoms with Gasteiger partial charge in [-0.05, 0) is 79.3 Å². The van der Waals surface area contributed by atoms with Gasteiger partial charge in [-0.1, -0.05) is 24.3 Å². The number of nitrogens with one attached hydrogen (secondary N) is 1. The molecule has 5 heteroatoms. The van der Waals surface area contributed by atoms with Crippen LogP contribution in [0, 0.1) is 12.7 Å². The summed E-state index contributed by atoms with van der Waals surface area (Å²) in [5.74, 6) is -0.233. The molecule has 1 amide bonds. The van der Waals surface area contributed by atoms with Crippen molar-refractivity contribution in [2.45, 2.75) is 38.2 Å². The maximum atomic E-state index is 13.8. The molecule has 31 heavy (non-hydrogen) atoms. The monoisotopic (exact) mass is 415 g/mol. The molecule has 1 spiro atoms. The fraction of sp³-hybridized carbons (Fsp3) is 0.231. The molecule has 0 atom stereocenters. The van der Waals surface area contributed by atoms with Gasteiger partial charge in [-0.3, -0.25) is 9.59 Å². The van der Waals surface area contributed by atoms with Crippen LogP contribution in [0.25, 0.3) is 11.1 Å². The third kappa shape index (κ3) is 3.50. The van der Waals surface area contributed by atoms with Crippen molar-refractivity contribution in [2.75, 3.05) is 5.32 Å². The molecule has 1 heterocycles. The Labute approximate surface area is 180 Å². The molecular formula is C26H22FNO3. The lowest BCUT2D eigenvalue weighted by Gasteiger charge is -2.44. The summed E-state index contributed by atoms with van der Waals surface area (Å²) in [7, 11) is 0. The number of benzene rings is 3. The van der Waals surface area contributed by atoms with Gasteiger partial charge in [0.2, 0.25) is 0 Å². The van der Waals surface area contributed by atoms with E-state index in [0.717, 1.165) is 36.0 Å². The number of hydrogen-bond donors (Lipinski definition) is 1. The number of fused-ring (bicyclic) bond motifs is 1. The van der Waals surface area contributed by atoms with Gasteiger partial charge in [0.25, 0.3) is 5.91 Å². The number of ketones is 1. The molecule has 0 unspecified atom stereocenters. The molecule has 1 saturated carbocycles. The smallest absolute Gasteiger partial charge is 0.258 e. The molecule has 1 fully saturated rings. The maximum absolute atomic E-state index is 13.8. The van der Waals surface area contributed by atoms with Crippen molar-refractivity contribution in [3.8, 4) is 16.9 Å². The highest BCUT2D eigenvalue weighted by Gasteiger charge is 2.45. The van der Waals surface area contributed by atoms with Gasteiger partial charge >= 0.3 is 0 Å². The third-order valence-corrected chi connectivity index (χ3v) is 6.27. The molecule has 1 N–H and O–H groups in total. The molecule has 0 saturated heterocycles. The first-order chi connectivity index (χ1) is 14.9. The van der Waals surface area contributed by atoms with E-state index in [0.29, 0.717) is 23.4 Å². The number of halogens is 1. The lowest BCUT2D eigenvalue weighted by molar-refractivity contribution is -0.0177. The molecule has 3 aromatic rings. The highest BCUT2D eigenvalue weighted by Crippen LogP contribution is 2.46. The summed E-state index contributed by atoms with van der Waals surface area (Å²) in [6, 6.07) is 17.1. The molecule has 0 aromatic heterocycles. The van der Waals surface area contributed by atoms with E-state index in [1.54, 1.807) is 24.3 Å². The van der Waals surface area contributed by atoms with Crippen LogP contribution in [0.2, 0.25) is 0 Å². The van der Waals surface area contributed by atoms with E-state index in [1.807, 2.05) is 31.2 Å². The number of aryl methyl sites for hydroxylation is 1. The van der Waals surface area contributed by atoms with Gasteiger partial charge in [-0.2, -0.15) is 0 Å². The zero-order valence-electron chi connectivity index (χ0n) is 17.2. The number of rotatable bonds is 3. The lowest BCUT2D eigenvalue weighted by Crippen LogP contribution is -2.47. The average molecular weight is 415 g/mol. The zero-order valence-corrected chi connectivity index (χ0v) is 17.2. The Hall–Kier alpha value is -3.47. The van der Waals surface area contributed by atoms with Gasteiger partial charge in [0, 0.05) is 5.69 Å². The molecule has 0 radical (unpaired) electrons. The molecule has 5 rings (SSSR count). The minimum Gasteiger partial charge on any atom is -0.486 e. The topological polar surface area (TPSA) is 55.4 Å². The van der Waals surface area contributed by atoms with Gasteiger partial charge in [0.05, 0.1) is 17.5 Å². The molecule has 2 aliphatic rings. The summed E-state index contributed by atoms with van der Waals surface area (Å²) in [5.41, 5.74) is 3.85. The number of carbonyl (C=O) groups excluding carboxylic acids is 2. The number of hydrogen-bond acceptors (Lipinski definition) is 3. The van der Waals surface area contributed by atoms with Crippen LogP contribution in [0.5, 0.6) is 5.75 Å². The standard InChI is InChI=1S/C26H22FNO3/c1-16-13-21-23(29)15-26(11-4-12-26)31-24(21)14-20(16)17-7-9-18(10-8-17)28-25(30)19-5-2-3-6-22(19)27/h2-3,5-10,13-14H,4,11-12,15H2,1H3,(H,28,30). The van der Waals surface area contributed by atoms with E-state index in [2.05, 4.69) is 5.32 Å². The van der Waals surface area contributed by atoms with Crippen LogP contribution in [0.3, 0.4) is 0 Å². The number of anilines is 1. The minimum absolute atomic E-state index is 0.00356. The van der Waals surface area contributed by atoms with E-state index in [1.165, 1.54) is 12.1 Å². The Bertz CT molecular complexity index is 1200. The molecule has 3 aromatic carbocycles. The number of carbonyl (C=O) groups is 2. The van der Waals surface area contributed by atoms with E-state index in [-0.39, 0.29) is 16.9 Å². The molecule has 4 nitrogen and oxygen atoms in total. The van der Waals surface area contributed by atoms with Crippen LogP contribution in [0.4, 0.5) is 10.1 Å². The van der Waals surface area contributed by atoms with Crippen LogP contribution in [-0.4, -0.2) is 17.3 Å². The van der Waals surface area contributed by atoms with Crippen LogP contribution in [0.1, 0.15) is 52.0 Å². The first-order valence-corrected chi connectivity index (χ1v) is 10.5. The van der Waals surface area contributed by atoms with E-state index in [9.17, 15) is 14.0 Å². The van der Waals surface area contributed by atoms with Gasteiger partial charge < -0.3 is 10.1 Å². The van der Waals surface area contributed by atoms with Crippen molar-refractivity contribution in [3.63, 3.8) is 0 Å². The molecule has 0 bridgehead atoms. The third-order valence-electron chi connectivity index (χ3n) is 6.27. The number of Topliss-reactive ketones (excluding diaryl/α,β-unsaturated/α-hetero) is 1. The van der Waals surface area contributed by atoms with Gasteiger partial charge in [-0.15, -0.1) is 0 Å². The number of ether oxygens (including phenoxy) is 1. The normalized spacial score (nSPS) is 16.3. The number of amides is 1. The van der Waals surface area contributed by atoms with Crippen molar-refractivity contribution >= 4 is 17.4 Å². The van der Waals surface area contributed by atoms with Crippen molar-refractivity contribution in [2.24, 2.45) is 0 Å². The summed E-state index contributed by atoms with van der Waals surface area (Å²) >= 11 is 0. The molecule has 1 aliphatic carbocycles.